The summed E-state index contributed by atoms with van der Waals surface area (Å²) in [5.41, 5.74) is 3.98. The van der Waals surface area contributed by atoms with Crippen LogP contribution in [0.4, 0.5) is 0 Å². The van der Waals surface area contributed by atoms with E-state index in [0.29, 0.717) is 6.42 Å². The van der Waals surface area contributed by atoms with E-state index >= 15 is 0 Å². The number of rotatable bonds is 6. The summed E-state index contributed by atoms with van der Waals surface area (Å²) in [5, 5.41) is 2.33. The Kier molecular flexibility index (Phi) is 6.94. The topological polar surface area (TPSA) is 39.2 Å². The second kappa shape index (κ2) is 9.47. The second-order valence-electron chi connectivity index (χ2n) is 9.70. The molecule has 3 rings (SSSR count). The van der Waals surface area contributed by atoms with Crippen molar-refractivity contribution in [2.45, 2.75) is 54.1 Å². The molecule has 3 nitrogen and oxygen atoms in total. The number of fused-ring (bicyclic) bond motifs is 1. The maximum atomic E-state index is 12.8. The summed E-state index contributed by atoms with van der Waals surface area (Å²) in [5.74, 6) is 0.0862. The van der Waals surface area contributed by atoms with Gasteiger partial charge in [-0.1, -0.05) is 77.1 Å². The van der Waals surface area contributed by atoms with Gasteiger partial charge >= 0.3 is 5.97 Å². The van der Waals surface area contributed by atoms with Crippen molar-refractivity contribution in [1.82, 2.24) is 4.98 Å². The van der Waals surface area contributed by atoms with Gasteiger partial charge in [0.05, 0.1) is 0 Å². The number of hydrogen-bond donors (Lipinski definition) is 0. The number of pyridine rings is 1. The van der Waals surface area contributed by atoms with E-state index in [1.165, 1.54) is 5.39 Å². The fourth-order valence-electron chi connectivity index (χ4n) is 3.90. The van der Waals surface area contributed by atoms with Gasteiger partial charge in [-0.2, -0.15) is 0 Å². The zero-order chi connectivity index (χ0) is 22.6. The van der Waals surface area contributed by atoms with Crippen molar-refractivity contribution in [2.24, 2.45) is 11.3 Å². The quantitative estimate of drug-likeness (QED) is 0.404. The average Bonchev–Trinajstić information content (AvgIpc) is 2.70. The molecule has 3 heteroatoms. The van der Waals surface area contributed by atoms with Crippen molar-refractivity contribution in [1.29, 1.82) is 0 Å². The van der Waals surface area contributed by atoms with Gasteiger partial charge in [0.25, 0.3) is 0 Å². The summed E-state index contributed by atoms with van der Waals surface area (Å²) < 4.78 is 6.19. The van der Waals surface area contributed by atoms with Crippen molar-refractivity contribution in [3.8, 4) is 0 Å². The van der Waals surface area contributed by atoms with Crippen LogP contribution in [0, 0.1) is 18.3 Å². The van der Waals surface area contributed by atoms with Crippen LogP contribution in [-0.2, 0) is 9.53 Å². The molecule has 0 aliphatic rings. The molecule has 1 unspecified atom stereocenters. The van der Waals surface area contributed by atoms with Gasteiger partial charge in [-0.3, -0.25) is 9.78 Å². The first-order valence-electron chi connectivity index (χ1n) is 11.0. The SMILES string of the molecule is Cc1ccc2ccccc2c1/C(=C/c1cccnc1)C(OC(=O)CC(C)C)C(C)(C)C. The average molecular weight is 416 g/mol. The largest absolute Gasteiger partial charge is 0.457 e. The molecule has 2 aromatic carbocycles. The normalized spacial score (nSPS) is 13.5. The van der Waals surface area contributed by atoms with Crippen LogP contribution in [0.2, 0.25) is 0 Å². The molecule has 0 fully saturated rings. The lowest BCUT2D eigenvalue weighted by atomic mass is 9.79. The smallest absolute Gasteiger partial charge is 0.306 e. The maximum Gasteiger partial charge on any atom is 0.306 e. The molecule has 0 radical (unpaired) electrons. The predicted molar refractivity (Wildman–Crippen MR) is 130 cm³/mol. The highest BCUT2D eigenvalue weighted by atomic mass is 16.5. The summed E-state index contributed by atoms with van der Waals surface area (Å²) in [6, 6.07) is 16.6. The van der Waals surface area contributed by atoms with E-state index in [2.05, 4.69) is 75.2 Å². The number of esters is 1. The molecule has 31 heavy (non-hydrogen) atoms. The van der Waals surface area contributed by atoms with E-state index in [9.17, 15) is 4.79 Å². The highest BCUT2D eigenvalue weighted by Gasteiger charge is 2.34. The molecular weight excluding hydrogens is 382 g/mol. The third kappa shape index (κ3) is 5.61. The third-order valence-electron chi connectivity index (χ3n) is 5.33. The number of nitrogens with zero attached hydrogens (tertiary/aromatic N) is 1. The molecule has 3 aromatic rings. The van der Waals surface area contributed by atoms with Gasteiger partial charge in [0.2, 0.25) is 0 Å². The lowest BCUT2D eigenvalue weighted by molar-refractivity contribution is -0.151. The molecular formula is C28H33NO2. The minimum atomic E-state index is -0.400. The molecule has 1 heterocycles. The Morgan fingerprint density at radius 2 is 1.81 bits per heavy atom. The second-order valence-corrected chi connectivity index (χ2v) is 9.70. The third-order valence-corrected chi connectivity index (χ3v) is 5.33. The fraction of sp³-hybridized carbons (Fsp3) is 0.357. The number of carbonyl (C=O) groups excluding carboxylic acids is 1. The number of hydrogen-bond acceptors (Lipinski definition) is 3. The summed E-state index contributed by atoms with van der Waals surface area (Å²) in [6.45, 7) is 12.6. The Morgan fingerprint density at radius 3 is 2.45 bits per heavy atom. The summed E-state index contributed by atoms with van der Waals surface area (Å²) >= 11 is 0. The van der Waals surface area contributed by atoms with Crippen molar-refractivity contribution in [3.05, 3.63) is 77.6 Å². The molecule has 0 aliphatic carbocycles. The molecule has 0 saturated carbocycles. The molecule has 0 bridgehead atoms. The van der Waals surface area contributed by atoms with E-state index < -0.39 is 6.10 Å². The molecule has 0 aliphatic heterocycles. The van der Waals surface area contributed by atoms with Crippen LogP contribution < -0.4 is 0 Å². The summed E-state index contributed by atoms with van der Waals surface area (Å²) in [7, 11) is 0. The van der Waals surface area contributed by atoms with Gasteiger partial charge in [-0.05, 0) is 52.4 Å². The molecule has 1 atom stereocenters. The van der Waals surface area contributed by atoms with E-state index in [1.54, 1.807) is 6.20 Å². The Labute approximate surface area is 186 Å². The van der Waals surface area contributed by atoms with E-state index in [-0.39, 0.29) is 17.3 Å². The standard InChI is InChI=1S/C28H33NO2/c1-19(2)16-25(30)31-27(28(4,5)6)24(17-21-10-9-15-29-18-21)26-20(3)13-14-22-11-7-8-12-23(22)26/h7-15,17-19,27H,16H2,1-6H3/b24-17-. The number of aromatic nitrogens is 1. The molecule has 0 amide bonds. The molecule has 0 N–H and O–H groups in total. The number of carbonyl (C=O) groups is 1. The lowest BCUT2D eigenvalue weighted by Gasteiger charge is -2.34. The zero-order valence-corrected chi connectivity index (χ0v) is 19.5. The first-order chi connectivity index (χ1) is 14.7. The van der Waals surface area contributed by atoms with Gasteiger partial charge < -0.3 is 4.74 Å². The Balaban J connectivity index is 2.25. The Hall–Kier alpha value is -2.94. The van der Waals surface area contributed by atoms with Crippen molar-refractivity contribution in [3.63, 3.8) is 0 Å². The minimum Gasteiger partial charge on any atom is -0.457 e. The lowest BCUT2D eigenvalue weighted by Crippen LogP contribution is -2.33. The zero-order valence-electron chi connectivity index (χ0n) is 19.5. The summed E-state index contributed by atoms with van der Waals surface area (Å²) in [4.78, 5) is 17.1. The molecule has 162 valence electrons. The first kappa shape index (κ1) is 22.7. The van der Waals surface area contributed by atoms with Gasteiger partial charge in [-0.25, -0.2) is 0 Å². The molecule has 0 saturated heterocycles. The van der Waals surface area contributed by atoms with Crippen LogP contribution in [0.1, 0.15) is 57.7 Å². The minimum absolute atomic E-state index is 0.162. The van der Waals surface area contributed by atoms with Crippen molar-refractivity contribution >= 4 is 28.4 Å². The summed E-state index contributed by atoms with van der Waals surface area (Å²) in [6.07, 6.45) is 5.74. The highest BCUT2D eigenvalue weighted by Crippen LogP contribution is 2.39. The van der Waals surface area contributed by atoms with Crippen LogP contribution in [0.25, 0.3) is 22.4 Å². The van der Waals surface area contributed by atoms with Crippen LogP contribution >= 0.6 is 0 Å². The van der Waals surface area contributed by atoms with Crippen LogP contribution in [0.3, 0.4) is 0 Å². The van der Waals surface area contributed by atoms with Crippen molar-refractivity contribution < 1.29 is 9.53 Å². The number of aryl methyl sites for hydroxylation is 1. The fourth-order valence-corrected chi connectivity index (χ4v) is 3.90. The van der Waals surface area contributed by atoms with Crippen LogP contribution in [0.5, 0.6) is 0 Å². The Morgan fingerprint density at radius 1 is 1.06 bits per heavy atom. The molecule has 0 spiro atoms. The van der Waals surface area contributed by atoms with E-state index in [0.717, 1.165) is 27.6 Å². The predicted octanol–water partition coefficient (Wildman–Crippen LogP) is 7.09. The van der Waals surface area contributed by atoms with Crippen molar-refractivity contribution in [2.75, 3.05) is 0 Å². The highest BCUT2D eigenvalue weighted by molar-refractivity contribution is 6.00. The van der Waals surface area contributed by atoms with Gasteiger partial charge in [0, 0.05) is 29.8 Å². The van der Waals surface area contributed by atoms with Gasteiger partial charge in [0.15, 0.2) is 0 Å². The van der Waals surface area contributed by atoms with Gasteiger partial charge in [-0.15, -0.1) is 0 Å². The van der Waals surface area contributed by atoms with Crippen LogP contribution in [0.15, 0.2) is 60.9 Å². The monoisotopic (exact) mass is 415 g/mol. The Bertz CT molecular complexity index is 1080. The van der Waals surface area contributed by atoms with E-state index in [1.807, 2.05) is 32.2 Å². The maximum absolute atomic E-state index is 12.8. The number of benzene rings is 2. The van der Waals surface area contributed by atoms with Crippen LogP contribution in [-0.4, -0.2) is 17.1 Å². The molecule has 1 aromatic heterocycles. The first-order valence-corrected chi connectivity index (χ1v) is 11.0. The number of ether oxygens (including phenoxy) is 1. The van der Waals surface area contributed by atoms with E-state index in [4.69, 9.17) is 4.74 Å². The van der Waals surface area contributed by atoms with Gasteiger partial charge in [0.1, 0.15) is 6.10 Å².